The molecular formula is C23H38FIN4O2. The smallest absolute Gasteiger partial charge is 0.193 e. The van der Waals surface area contributed by atoms with Crippen molar-refractivity contribution in [1.82, 2.24) is 15.1 Å². The summed E-state index contributed by atoms with van der Waals surface area (Å²) in [4.78, 5) is 8.70. The number of piperidine rings is 1. The predicted molar refractivity (Wildman–Crippen MR) is 134 cm³/mol. The second-order valence-electron chi connectivity index (χ2n) is 8.57. The molecule has 0 aliphatic carbocycles. The number of halogens is 2. The number of nitrogens with one attached hydrogen (secondary N) is 1. The van der Waals surface area contributed by atoms with Gasteiger partial charge < -0.3 is 24.6 Å². The monoisotopic (exact) mass is 548 g/mol. The van der Waals surface area contributed by atoms with Gasteiger partial charge in [-0.1, -0.05) is 6.07 Å². The van der Waals surface area contributed by atoms with Crippen molar-refractivity contribution in [2.45, 2.75) is 57.4 Å². The van der Waals surface area contributed by atoms with Crippen LogP contribution in [0.3, 0.4) is 0 Å². The molecule has 2 heterocycles. The Kier molecular flexibility index (Phi) is 11.5. The van der Waals surface area contributed by atoms with E-state index in [-0.39, 0.29) is 35.9 Å². The van der Waals surface area contributed by atoms with E-state index in [4.69, 9.17) is 9.47 Å². The molecule has 0 spiro atoms. The van der Waals surface area contributed by atoms with Crippen LogP contribution in [0.15, 0.2) is 23.2 Å². The summed E-state index contributed by atoms with van der Waals surface area (Å²) in [6.07, 6.45) is 6.12. The number of guanidine groups is 1. The summed E-state index contributed by atoms with van der Waals surface area (Å²) in [5.41, 5.74) is 1.77. The van der Waals surface area contributed by atoms with E-state index < -0.39 is 0 Å². The number of ether oxygens (including phenoxy) is 2. The zero-order valence-electron chi connectivity index (χ0n) is 19.1. The molecule has 1 N–H and O–H groups in total. The number of rotatable bonds is 7. The van der Waals surface area contributed by atoms with Gasteiger partial charge in [0.2, 0.25) is 0 Å². The lowest BCUT2D eigenvalue weighted by Crippen LogP contribution is -2.47. The van der Waals surface area contributed by atoms with Gasteiger partial charge in [0.05, 0.1) is 18.8 Å². The molecule has 1 atom stereocenters. The van der Waals surface area contributed by atoms with E-state index in [1.54, 1.807) is 6.07 Å². The standard InChI is InChI=1S/C23H37FN4O2.HI/c1-25-23(26-15-18-7-8-22(24)19(14-18)16-27(2)3)28-11-9-20(10-12-28)30-17-21-6-4-5-13-29-21;/h7-8,14,20-21H,4-6,9-13,15-17H2,1-3H3,(H,25,26);1H. The fourth-order valence-electron chi connectivity index (χ4n) is 4.13. The van der Waals surface area contributed by atoms with Crippen molar-refractivity contribution in [3.8, 4) is 0 Å². The van der Waals surface area contributed by atoms with Crippen LogP contribution in [-0.4, -0.2) is 75.4 Å². The highest BCUT2D eigenvalue weighted by atomic mass is 127. The van der Waals surface area contributed by atoms with Gasteiger partial charge in [-0.3, -0.25) is 4.99 Å². The average molecular weight is 548 g/mol. The number of likely N-dealkylation sites (tertiary alicyclic amines) is 1. The largest absolute Gasteiger partial charge is 0.376 e. The molecular weight excluding hydrogens is 510 g/mol. The first-order valence-electron chi connectivity index (χ1n) is 11.2. The number of aliphatic imine (C=N–C) groups is 1. The highest BCUT2D eigenvalue weighted by Gasteiger charge is 2.23. The molecule has 0 radical (unpaired) electrons. The normalized spacial score (nSPS) is 20.6. The Morgan fingerprint density at radius 1 is 1.26 bits per heavy atom. The van der Waals surface area contributed by atoms with Crippen LogP contribution in [0.25, 0.3) is 0 Å². The molecule has 176 valence electrons. The summed E-state index contributed by atoms with van der Waals surface area (Å²) in [5.74, 6) is 0.736. The van der Waals surface area contributed by atoms with Crippen molar-refractivity contribution in [1.29, 1.82) is 0 Å². The Morgan fingerprint density at radius 2 is 2.03 bits per heavy atom. The summed E-state index contributed by atoms with van der Waals surface area (Å²) in [6.45, 7) is 4.66. The average Bonchev–Trinajstić information content (AvgIpc) is 2.76. The minimum Gasteiger partial charge on any atom is -0.376 e. The van der Waals surface area contributed by atoms with Gasteiger partial charge in [0.15, 0.2) is 5.96 Å². The van der Waals surface area contributed by atoms with E-state index in [1.807, 2.05) is 38.2 Å². The molecule has 0 bridgehead atoms. The van der Waals surface area contributed by atoms with Gasteiger partial charge in [0, 0.05) is 45.4 Å². The Hall–Kier alpha value is -0.970. The van der Waals surface area contributed by atoms with Crippen molar-refractivity contribution in [3.63, 3.8) is 0 Å². The zero-order valence-corrected chi connectivity index (χ0v) is 21.4. The second kappa shape index (κ2) is 13.5. The molecule has 6 nitrogen and oxygen atoms in total. The van der Waals surface area contributed by atoms with E-state index in [0.717, 1.165) is 57.1 Å². The van der Waals surface area contributed by atoms with Crippen LogP contribution in [-0.2, 0) is 22.6 Å². The Labute approximate surface area is 203 Å². The maximum Gasteiger partial charge on any atom is 0.193 e. The molecule has 0 amide bonds. The Morgan fingerprint density at radius 3 is 2.68 bits per heavy atom. The van der Waals surface area contributed by atoms with Gasteiger partial charge >= 0.3 is 0 Å². The van der Waals surface area contributed by atoms with Crippen molar-refractivity contribution in [2.75, 3.05) is 47.4 Å². The van der Waals surface area contributed by atoms with Crippen LogP contribution in [0.5, 0.6) is 0 Å². The summed E-state index contributed by atoms with van der Waals surface area (Å²) < 4.78 is 25.9. The van der Waals surface area contributed by atoms with Gasteiger partial charge in [-0.2, -0.15) is 0 Å². The van der Waals surface area contributed by atoms with E-state index in [1.165, 1.54) is 12.8 Å². The van der Waals surface area contributed by atoms with E-state index in [0.29, 0.717) is 24.8 Å². The molecule has 3 rings (SSSR count). The maximum atomic E-state index is 14.0. The summed E-state index contributed by atoms with van der Waals surface area (Å²) in [7, 11) is 5.71. The van der Waals surface area contributed by atoms with Gasteiger partial charge in [-0.25, -0.2) is 4.39 Å². The van der Waals surface area contributed by atoms with Crippen LogP contribution >= 0.6 is 24.0 Å². The van der Waals surface area contributed by atoms with Gasteiger partial charge in [0.1, 0.15) is 5.82 Å². The summed E-state index contributed by atoms with van der Waals surface area (Å²) in [5, 5.41) is 3.43. The molecule has 0 aromatic heterocycles. The highest BCUT2D eigenvalue weighted by molar-refractivity contribution is 14.0. The third kappa shape index (κ3) is 8.47. The first-order valence-corrected chi connectivity index (χ1v) is 11.2. The maximum absolute atomic E-state index is 14.0. The SMILES string of the molecule is CN=C(NCc1ccc(F)c(CN(C)C)c1)N1CCC(OCC2CCCCO2)CC1.I. The molecule has 1 aromatic carbocycles. The fourth-order valence-corrected chi connectivity index (χ4v) is 4.13. The van der Waals surface area contributed by atoms with Crippen LogP contribution in [0, 0.1) is 5.82 Å². The third-order valence-electron chi connectivity index (χ3n) is 5.79. The van der Waals surface area contributed by atoms with Gasteiger partial charge in [0.25, 0.3) is 0 Å². The molecule has 2 fully saturated rings. The highest BCUT2D eigenvalue weighted by Crippen LogP contribution is 2.18. The molecule has 8 heteroatoms. The topological polar surface area (TPSA) is 49.3 Å². The first-order chi connectivity index (χ1) is 14.5. The quantitative estimate of drug-likeness (QED) is 0.321. The molecule has 1 aromatic rings. The molecule has 2 saturated heterocycles. The van der Waals surface area contributed by atoms with Crippen molar-refractivity contribution >= 4 is 29.9 Å². The van der Waals surface area contributed by atoms with Crippen molar-refractivity contribution < 1.29 is 13.9 Å². The van der Waals surface area contributed by atoms with Crippen LogP contribution < -0.4 is 5.32 Å². The van der Waals surface area contributed by atoms with Gasteiger partial charge in [-0.05, 0) is 63.9 Å². The lowest BCUT2D eigenvalue weighted by atomic mass is 10.1. The number of benzene rings is 1. The first kappa shape index (κ1) is 26.3. The summed E-state index contributed by atoms with van der Waals surface area (Å²) >= 11 is 0. The minimum atomic E-state index is -0.155. The second-order valence-corrected chi connectivity index (χ2v) is 8.57. The van der Waals surface area contributed by atoms with Crippen LogP contribution in [0.2, 0.25) is 0 Å². The van der Waals surface area contributed by atoms with Crippen molar-refractivity contribution in [2.24, 2.45) is 4.99 Å². The predicted octanol–water partition coefficient (Wildman–Crippen LogP) is 3.63. The van der Waals surface area contributed by atoms with E-state index in [9.17, 15) is 4.39 Å². The third-order valence-corrected chi connectivity index (χ3v) is 5.79. The molecule has 0 saturated carbocycles. The number of hydrogen-bond donors (Lipinski definition) is 1. The van der Waals surface area contributed by atoms with Crippen LogP contribution in [0.4, 0.5) is 4.39 Å². The summed E-state index contributed by atoms with van der Waals surface area (Å²) in [6, 6.07) is 5.32. The molecule has 2 aliphatic heterocycles. The van der Waals surface area contributed by atoms with E-state index >= 15 is 0 Å². The molecule has 2 aliphatic rings. The van der Waals surface area contributed by atoms with Gasteiger partial charge in [-0.15, -0.1) is 24.0 Å². The lowest BCUT2D eigenvalue weighted by molar-refractivity contribution is -0.0721. The van der Waals surface area contributed by atoms with E-state index in [2.05, 4.69) is 15.2 Å². The van der Waals surface area contributed by atoms with Crippen LogP contribution in [0.1, 0.15) is 43.2 Å². The fraction of sp³-hybridized carbons (Fsp3) is 0.696. The Bertz CT molecular complexity index is 690. The molecule has 31 heavy (non-hydrogen) atoms. The van der Waals surface area contributed by atoms with Crippen molar-refractivity contribution in [3.05, 3.63) is 35.1 Å². The molecule has 1 unspecified atom stereocenters. The zero-order chi connectivity index (χ0) is 21.3. The lowest BCUT2D eigenvalue weighted by Gasteiger charge is -2.35. The number of hydrogen-bond acceptors (Lipinski definition) is 4. The minimum absolute atomic E-state index is 0. The Balaban J connectivity index is 0.00000341. The number of nitrogens with zero attached hydrogens (tertiary/aromatic N) is 3.